The lowest BCUT2D eigenvalue weighted by Crippen LogP contribution is -2.41. The minimum Gasteiger partial charge on any atom is -0.335 e. The van der Waals surface area contributed by atoms with Crippen LogP contribution >= 0.6 is 11.6 Å². The van der Waals surface area contributed by atoms with E-state index in [1.54, 1.807) is 0 Å². The number of aryl methyl sites for hydroxylation is 1. The van der Waals surface area contributed by atoms with Gasteiger partial charge in [0.1, 0.15) is 6.10 Å². The molecule has 3 aromatic rings. The van der Waals surface area contributed by atoms with Crippen molar-refractivity contribution in [2.45, 2.75) is 31.5 Å². The van der Waals surface area contributed by atoms with Crippen LogP contribution in [-0.4, -0.2) is 21.7 Å². The Bertz CT molecular complexity index is 861. The lowest BCUT2D eigenvalue weighted by atomic mass is 9.83. The van der Waals surface area contributed by atoms with Crippen molar-refractivity contribution in [1.82, 2.24) is 14.6 Å². The average molecular weight is 368 g/mol. The van der Waals surface area contributed by atoms with Crippen molar-refractivity contribution in [3.05, 3.63) is 89.0 Å². The molecule has 0 spiro atoms. The van der Waals surface area contributed by atoms with Gasteiger partial charge in [-0.1, -0.05) is 53.6 Å². The van der Waals surface area contributed by atoms with E-state index >= 15 is 0 Å². The largest absolute Gasteiger partial charge is 0.335 e. The van der Waals surface area contributed by atoms with Crippen molar-refractivity contribution in [3.63, 3.8) is 0 Å². The van der Waals surface area contributed by atoms with E-state index in [4.69, 9.17) is 16.4 Å². The average Bonchev–Trinajstić information content (AvgIpc) is 3.25. The van der Waals surface area contributed by atoms with Crippen LogP contribution in [0.4, 0.5) is 0 Å². The monoisotopic (exact) mass is 367 g/mol. The highest BCUT2D eigenvalue weighted by Gasteiger charge is 2.47. The fraction of sp³-hybridized carbons (Fsp3) is 0.286. The van der Waals surface area contributed by atoms with E-state index in [1.807, 2.05) is 43.0 Å². The summed E-state index contributed by atoms with van der Waals surface area (Å²) in [6.07, 6.45) is 6.52. The minimum absolute atomic E-state index is 0.0137. The molecule has 0 radical (unpaired) electrons. The van der Waals surface area contributed by atoms with E-state index in [1.165, 1.54) is 16.7 Å². The number of likely N-dealkylation sites (N-methyl/N-ethyl adjacent to an activating group) is 1. The number of rotatable bonds is 4. The third-order valence-corrected chi connectivity index (χ3v) is 5.50. The van der Waals surface area contributed by atoms with Crippen molar-refractivity contribution in [2.75, 3.05) is 7.05 Å². The zero-order chi connectivity index (χ0) is 18.1. The third-order valence-electron chi connectivity index (χ3n) is 5.25. The van der Waals surface area contributed by atoms with Crippen LogP contribution in [0.3, 0.4) is 0 Å². The minimum atomic E-state index is -0.291. The van der Waals surface area contributed by atoms with E-state index in [0.29, 0.717) is 0 Å². The summed E-state index contributed by atoms with van der Waals surface area (Å²) in [5.41, 5.74) is 3.35. The smallest absolute Gasteiger partial charge is 0.107 e. The number of aromatic nitrogens is 2. The Morgan fingerprint density at radius 1 is 1.15 bits per heavy atom. The number of hydrogen-bond acceptors (Lipinski definition) is 3. The first-order valence-electron chi connectivity index (χ1n) is 8.76. The molecule has 4 rings (SSSR count). The van der Waals surface area contributed by atoms with E-state index in [2.05, 4.69) is 52.9 Å². The predicted molar refractivity (Wildman–Crippen MR) is 103 cm³/mol. The zero-order valence-corrected chi connectivity index (χ0v) is 15.7. The van der Waals surface area contributed by atoms with Gasteiger partial charge in [0.2, 0.25) is 0 Å². The Hall–Kier alpha value is -2.14. The van der Waals surface area contributed by atoms with Crippen LogP contribution in [0, 0.1) is 6.92 Å². The molecular weight excluding hydrogens is 346 g/mol. The van der Waals surface area contributed by atoms with Gasteiger partial charge in [-0.25, -0.2) is 4.98 Å². The molecule has 4 nitrogen and oxygen atoms in total. The van der Waals surface area contributed by atoms with Gasteiger partial charge in [0.05, 0.1) is 11.9 Å². The maximum atomic E-state index is 6.30. The van der Waals surface area contributed by atoms with Gasteiger partial charge in [-0.15, -0.1) is 0 Å². The van der Waals surface area contributed by atoms with E-state index in [9.17, 15) is 0 Å². The summed E-state index contributed by atoms with van der Waals surface area (Å²) in [6.45, 7) is 2.86. The predicted octanol–water partition coefficient (Wildman–Crippen LogP) is 4.75. The summed E-state index contributed by atoms with van der Waals surface area (Å²) < 4.78 is 2.10. The molecule has 2 heterocycles. The lowest BCUT2D eigenvalue weighted by molar-refractivity contribution is -0.176. The summed E-state index contributed by atoms with van der Waals surface area (Å²) in [6, 6.07) is 16.7. The number of benzene rings is 2. The second kappa shape index (κ2) is 6.88. The van der Waals surface area contributed by atoms with Gasteiger partial charge in [-0.05, 0) is 30.2 Å². The molecule has 0 aliphatic carbocycles. The Labute approximate surface area is 158 Å². The molecule has 1 fully saturated rings. The summed E-state index contributed by atoms with van der Waals surface area (Å²) in [7, 11) is 2.01. The van der Waals surface area contributed by atoms with Gasteiger partial charge in [0.25, 0.3) is 0 Å². The molecule has 2 aromatic carbocycles. The van der Waals surface area contributed by atoms with E-state index < -0.39 is 0 Å². The molecule has 0 saturated carbocycles. The standard InChI is InChI=1S/C21H22ClN3O/c1-16-3-5-17(6-4-16)20-13-21(24(2)26-20,14-25-12-11-23-15-25)18-7-9-19(22)10-8-18/h3-12,15,20H,13-14H2,1-2H3/t20-,21-/m1/s1. The summed E-state index contributed by atoms with van der Waals surface area (Å²) >= 11 is 6.12. The second-order valence-corrected chi connectivity index (χ2v) is 7.42. The van der Waals surface area contributed by atoms with Crippen molar-refractivity contribution in [2.24, 2.45) is 0 Å². The van der Waals surface area contributed by atoms with Crippen molar-refractivity contribution < 1.29 is 4.84 Å². The fourth-order valence-electron chi connectivity index (χ4n) is 3.72. The Kier molecular flexibility index (Phi) is 4.57. The molecule has 0 amide bonds. The topological polar surface area (TPSA) is 30.3 Å². The Morgan fingerprint density at radius 3 is 2.54 bits per heavy atom. The number of hydrogen-bond donors (Lipinski definition) is 0. The normalized spacial score (nSPS) is 23.4. The summed E-state index contributed by atoms with van der Waals surface area (Å²) in [4.78, 5) is 10.5. The first-order valence-corrected chi connectivity index (χ1v) is 9.14. The first-order chi connectivity index (χ1) is 12.6. The molecule has 5 heteroatoms. The zero-order valence-electron chi connectivity index (χ0n) is 15.0. The molecule has 0 N–H and O–H groups in total. The quantitative estimate of drug-likeness (QED) is 0.666. The molecule has 1 saturated heterocycles. The van der Waals surface area contributed by atoms with Gasteiger partial charge in [-0.2, -0.15) is 5.06 Å². The Morgan fingerprint density at radius 2 is 1.88 bits per heavy atom. The number of hydroxylamine groups is 2. The van der Waals surface area contributed by atoms with Crippen LogP contribution in [0.2, 0.25) is 5.02 Å². The van der Waals surface area contributed by atoms with Crippen LogP contribution in [0.1, 0.15) is 29.2 Å². The molecule has 1 aromatic heterocycles. The van der Waals surface area contributed by atoms with Gasteiger partial charge >= 0.3 is 0 Å². The van der Waals surface area contributed by atoms with Crippen LogP contribution in [0.5, 0.6) is 0 Å². The molecule has 0 bridgehead atoms. The SMILES string of the molecule is Cc1ccc([C@H]2C[C@@](Cn3ccnc3)(c3ccc(Cl)cc3)N(C)O2)cc1. The maximum absolute atomic E-state index is 6.30. The number of halogens is 1. The molecular formula is C21H22ClN3O. The second-order valence-electron chi connectivity index (χ2n) is 6.98. The molecule has 26 heavy (non-hydrogen) atoms. The van der Waals surface area contributed by atoms with Crippen LogP contribution in [-0.2, 0) is 16.9 Å². The van der Waals surface area contributed by atoms with Gasteiger partial charge < -0.3 is 4.57 Å². The highest BCUT2D eigenvalue weighted by Crippen LogP contribution is 2.47. The lowest BCUT2D eigenvalue weighted by Gasteiger charge is -2.34. The first kappa shape index (κ1) is 17.3. The molecule has 1 aliphatic rings. The van der Waals surface area contributed by atoms with Crippen LogP contribution < -0.4 is 0 Å². The Balaban J connectivity index is 1.72. The van der Waals surface area contributed by atoms with Crippen LogP contribution in [0.15, 0.2) is 67.3 Å². The third kappa shape index (κ3) is 3.16. The van der Waals surface area contributed by atoms with E-state index in [0.717, 1.165) is 18.0 Å². The van der Waals surface area contributed by atoms with Gasteiger partial charge in [-0.3, -0.25) is 4.84 Å². The molecule has 134 valence electrons. The van der Waals surface area contributed by atoms with Crippen molar-refractivity contribution >= 4 is 11.6 Å². The highest BCUT2D eigenvalue weighted by atomic mass is 35.5. The van der Waals surface area contributed by atoms with Crippen LogP contribution in [0.25, 0.3) is 0 Å². The van der Waals surface area contributed by atoms with Crippen molar-refractivity contribution in [3.8, 4) is 0 Å². The molecule has 0 unspecified atom stereocenters. The maximum Gasteiger partial charge on any atom is 0.107 e. The van der Waals surface area contributed by atoms with Gasteiger partial charge in [0, 0.05) is 37.4 Å². The highest BCUT2D eigenvalue weighted by molar-refractivity contribution is 6.30. The molecule has 1 aliphatic heterocycles. The van der Waals surface area contributed by atoms with Gasteiger partial charge in [0.15, 0.2) is 0 Å². The summed E-state index contributed by atoms with van der Waals surface area (Å²) in [5.74, 6) is 0. The van der Waals surface area contributed by atoms with E-state index in [-0.39, 0.29) is 11.6 Å². The fourth-order valence-corrected chi connectivity index (χ4v) is 3.85. The molecule has 2 atom stereocenters. The van der Waals surface area contributed by atoms with Crippen molar-refractivity contribution in [1.29, 1.82) is 0 Å². The summed E-state index contributed by atoms with van der Waals surface area (Å²) in [5, 5.41) is 2.74. The number of imidazole rings is 1. The number of nitrogens with zero attached hydrogens (tertiary/aromatic N) is 3.